The van der Waals surface area contributed by atoms with Gasteiger partial charge in [0.15, 0.2) is 0 Å². The molecule has 0 aliphatic rings. The molecule has 0 atom stereocenters. The number of amides is 2. The van der Waals surface area contributed by atoms with E-state index in [2.05, 4.69) is 15.6 Å². The molecule has 27 heavy (non-hydrogen) atoms. The first-order chi connectivity index (χ1) is 12.9. The predicted molar refractivity (Wildman–Crippen MR) is 103 cm³/mol. The minimum atomic E-state index is -0.613. The molecule has 2 aromatic carbocycles. The number of hydrogen-bond acceptors (Lipinski definition) is 3. The van der Waals surface area contributed by atoms with Crippen molar-refractivity contribution >= 4 is 34.8 Å². The van der Waals surface area contributed by atoms with Crippen molar-refractivity contribution < 1.29 is 14.0 Å². The molecular weight excluding hydrogens is 369 g/mol. The van der Waals surface area contributed by atoms with Crippen molar-refractivity contribution in [2.75, 3.05) is 10.6 Å². The average molecular weight is 384 g/mol. The molecule has 5 nitrogen and oxygen atoms in total. The summed E-state index contributed by atoms with van der Waals surface area (Å²) < 4.78 is 13.7. The number of nitrogens with one attached hydrogen (secondary N) is 2. The standard InChI is InChI=1S/C20H15ClFN3O2/c1-12-11-13(21)9-10-15(12)24-19(26)17-7-4-8-18(23-17)20(27)25-16-6-3-2-5-14(16)22/h2-11H,1H3,(H,24,26)(H,25,27). The predicted octanol–water partition coefficient (Wildman–Crippen LogP) is 4.69. The first-order valence-corrected chi connectivity index (χ1v) is 8.42. The van der Waals surface area contributed by atoms with E-state index >= 15 is 0 Å². The van der Waals surface area contributed by atoms with Gasteiger partial charge in [0.1, 0.15) is 17.2 Å². The lowest BCUT2D eigenvalue weighted by Gasteiger charge is -2.09. The minimum Gasteiger partial charge on any atom is -0.320 e. The lowest BCUT2D eigenvalue weighted by Crippen LogP contribution is -2.19. The summed E-state index contributed by atoms with van der Waals surface area (Å²) in [6.07, 6.45) is 0. The molecule has 0 unspecified atom stereocenters. The fourth-order valence-corrected chi connectivity index (χ4v) is 2.62. The fourth-order valence-electron chi connectivity index (χ4n) is 2.39. The van der Waals surface area contributed by atoms with Gasteiger partial charge in [-0.05, 0) is 55.0 Å². The number of aryl methyl sites for hydroxylation is 1. The Bertz CT molecular complexity index is 1020. The first kappa shape index (κ1) is 18.5. The van der Waals surface area contributed by atoms with E-state index in [1.165, 1.54) is 36.4 Å². The second-order valence-electron chi connectivity index (χ2n) is 5.76. The molecule has 0 saturated carbocycles. The molecule has 7 heteroatoms. The maximum atomic E-state index is 13.7. The Kier molecular flexibility index (Phi) is 5.47. The Morgan fingerprint density at radius 2 is 1.52 bits per heavy atom. The zero-order valence-corrected chi connectivity index (χ0v) is 15.0. The number of aromatic nitrogens is 1. The molecule has 0 radical (unpaired) electrons. The highest BCUT2D eigenvalue weighted by Gasteiger charge is 2.14. The topological polar surface area (TPSA) is 71.1 Å². The summed E-state index contributed by atoms with van der Waals surface area (Å²) in [5, 5.41) is 5.73. The molecular formula is C20H15ClFN3O2. The van der Waals surface area contributed by atoms with Crippen LogP contribution in [0, 0.1) is 12.7 Å². The van der Waals surface area contributed by atoms with Gasteiger partial charge in [-0.25, -0.2) is 9.37 Å². The van der Waals surface area contributed by atoms with E-state index in [1.54, 1.807) is 24.3 Å². The van der Waals surface area contributed by atoms with Crippen LogP contribution >= 0.6 is 11.6 Å². The monoisotopic (exact) mass is 383 g/mol. The number of carbonyl (C=O) groups is 2. The van der Waals surface area contributed by atoms with Gasteiger partial charge in [-0.2, -0.15) is 0 Å². The van der Waals surface area contributed by atoms with E-state index in [1.807, 2.05) is 6.92 Å². The summed E-state index contributed by atoms with van der Waals surface area (Å²) in [5.74, 6) is -1.64. The lowest BCUT2D eigenvalue weighted by atomic mass is 10.2. The van der Waals surface area contributed by atoms with E-state index < -0.39 is 17.6 Å². The van der Waals surface area contributed by atoms with Gasteiger partial charge in [-0.15, -0.1) is 0 Å². The van der Waals surface area contributed by atoms with Crippen molar-refractivity contribution in [3.05, 3.63) is 88.5 Å². The van der Waals surface area contributed by atoms with Crippen LogP contribution in [0.15, 0.2) is 60.7 Å². The van der Waals surface area contributed by atoms with Crippen molar-refractivity contribution in [1.29, 1.82) is 0 Å². The van der Waals surface area contributed by atoms with Gasteiger partial charge < -0.3 is 10.6 Å². The Hall–Kier alpha value is -3.25. The first-order valence-electron chi connectivity index (χ1n) is 8.04. The summed E-state index contributed by atoms with van der Waals surface area (Å²) in [5.41, 5.74) is 1.48. The van der Waals surface area contributed by atoms with Crippen LogP contribution < -0.4 is 10.6 Å². The SMILES string of the molecule is Cc1cc(Cl)ccc1NC(=O)c1cccc(C(=O)Nc2ccccc2F)n1. The van der Waals surface area contributed by atoms with Crippen molar-refractivity contribution in [2.45, 2.75) is 6.92 Å². The van der Waals surface area contributed by atoms with E-state index in [0.29, 0.717) is 10.7 Å². The summed E-state index contributed by atoms with van der Waals surface area (Å²) in [4.78, 5) is 28.8. The summed E-state index contributed by atoms with van der Waals surface area (Å²) in [7, 11) is 0. The zero-order chi connectivity index (χ0) is 19.4. The number of hydrogen-bond donors (Lipinski definition) is 2. The summed E-state index contributed by atoms with van der Waals surface area (Å²) in [6.45, 7) is 1.81. The fraction of sp³-hybridized carbons (Fsp3) is 0.0500. The third kappa shape index (κ3) is 4.48. The number of halogens is 2. The highest BCUT2D eigenvalue weighted by Crippen LogP contribution is 2.20. The Morgan fingerprint density at radius 1 is 0.889 bits per heavy atom. The molecule has 0 aliphatic carbocycles. The third-order valence-corrected chi connectivity index (χ3v) is 4.01. The van der Waals surface area contributed by atoms with E-state index in [4.69, 9.17) is 11.6 Å². The minimum absolute atomic E-state index is 0.00117. The van der Waals surface area contributed by atoms with Crippen LogP contribution in [0.5, 0.6) is 0 Å². The number of benzene rings is 2. The van der Waals surface area contributed by atoms with Crippen LogP contribution in [0.4, 0.5) is 15.8 Å². The van der Waals surface area contributed by atoms with Crippen molar-refractivity contribution in [3.63, 3.8) is 0 Å². The van der Waals surface area contributed by atoms with Crippen LogP contribution in [0.2, 0.25) is 5.02 Å². The van der Waals surface area contributed by atoms with Gasteiger partial charge in [0, 0.05) is 10.7 Å². The number of para-hydroxylation sites is 1. The third-order valence-electron chi connectivity index (χ3n) is 3.77. The normalized spacial score (nSPS) is 10.3. The van der Waals surface area contributed by atoms with E-state index in [-0.39, 0.29) is 17.1 Å². The van der Waals surface area contributed by atoms with Crippen molar-refractivity contribution in [1.82, 2.24) is 4.98 Å². The molecule has 136 valence electrons. The van der Waals surface area contributed by atoms with Crippen molar-refractivity contribution in [2.24, 2.45) is 0 Å². The van der Waals surface area contributed by atoms with Crippen LogP contribution in [0.1, 0.15) is 26.5 Å². The Morgan fingerprint density at radius 3 is 2.15 bits per heavy atom. The molecule has 3 rings (SSSR count). The molecule has 2 amide bonds. The molecule has 2 N–H and O–H groups in total. The second kappa shape index (κ2) is 7.97. The van der Waals surface area contributed by atoms with Gasteiger partial charge in [0.25, 0.3) is 11.8 Å². The number of nitrogens with zero attached hydrogens (tertiary/aromatic N) is 1. The average Bonchev–Trinajstić information content (AvgIpc) is 2.66. The molecule has 1 heterocycles. The van der Waals surface area contributed by atoms with Crippen LogP contribution in [0.25, 0.3) is 0 Å². The van der Waals surface area contributed by atoms with Gasteiger partial charge in [-0.3, -0.25) is 9.59 Å². The van der Waals surface area contributed by atoms with E-state index in [0.717, 1.165) is 5.56 Å². The highest BCUT2D eigenvalue weighted by atomic mass is 35.5. The molecule has 1 aromatic heterocycles. The molecule has 0 saturated heterocycles. The second-order valence-corrected chi connectivity index (χ2v) is 6.19. The van der Waals surface area contributed by atoms with Gasteiger partial charge in [0.2, 0.25) is 0 Å². The molecule has 0 spiro atoms. The smallest absolute Gasteiger partial charge is 0.274 e. The highest BCUT2D eigenvalue weighted by molar-refractivity contribution is 6.30. The Labute approximate surface area is 160 Å². The maximum Gasteiger partial charge on any atom is 0.274 e. The number of anilines is 2. The van der Waals surface area contributed by atoms with E-state index in [9.17, 15) is 14.0 Å². The number of rotatable bonds is 4. The summed E-state index contributed by atoms with van der Waals surface area (Å²) >= 11 is 5.91. The Balaban J connectivity index is 1.77. The quantitative estimate of drug-likeness (QED) is 0.686. The zero-order valence-electron chi connectivity index (χ0n) is 14.3. The van der Waals surface area contributed by atoms with Gasteiger partial charge in [0.05, 0.1) is 5.69 Å². The number of carbonyl (C=O) groups excluding carboxylic acids is 2. The van der Waals surface area contributed by atoms with Gasteiger partial charge >= 0.3 is 0 Å². The van der Waals surface area contributed by atoms with Crippen LogP contribution in [0.3, 0.4) is 0 Å². The lowest BCUT2D eigenvalue weighted by molar-refractivity contribution is 0.101. The largest absolute Gasteiger partial charge is 0.320 e. The summed E-state index contributed by atoms with van der Waals surface area (Å²) in [6, 6.07) is 15.3. The van der Waals surface area contributed by atoms with Crippen molar-refractivity contribution in [3.8, 4) is 0 Å². The maximum absolute atomic E-state index is 13.7. The van der Waals surface area contributed by atoms with Crippen LogP contribution in [-0.4, -0.2) is 16.8 Å². The molecule has 0 fully saturated rings. The van der Waals surface area contributed by atoms with Crippen LogP contribution in [-0.2, 0) is 0 Å². The molecule has 0 aliphatic heterocycles. The number of pyridine rings is 1. The van der Waals surface area contributed by atoms with Gasteiger partial charge in [-0.1, -0.05) is 29.8 Å². The molecule has 3 aromatic rings. The molecule has 0 bridgehead atoms.